The van der Waals surface area contributed by atoms with Gasteiger partial charge < -0.3 is 0 Å². The molecule has 5 aromatic rings. The zero-order valence-corrected chi connectivity index (χ0v) is 18.2. The average Bonchev–Trinajstić information content (AvgIpc) is 3.27. The first-order chi connectivity index (χ1) is 13.1. The lowest BCUT2D eigenvalue weighted by Gasteiger charge is -2.03. The third-order valence-electron chi connectivity index (χ3n) is 4.03. The highest BCUT2D eigenvalue weighted by Gasteiger charge is 2.05. The molecule has 0 saturated carbocycles. The maximum absolute atomic E-state index is 12.9. The summed E-state index contributed by atoms with van der Waals surface area (Å²) in [5, 5.41) is 10.7. The number of fused-ring (bicyclic) bond motifs is 2. The highest BCUT2D eigenvalue weighted by atomic mass is 127. The van der Waals surface area contributed by atoms with Gasteiger partial charge in [0.25, 0.3) is 0 Å². The largest absolute Gasteiger partial charge is 0.233 e. The smallest absolute Gasteiger partial charge is 0.123 e. The van der Waals surface area contributed by atoms with E-state index in [-0.39, 0.29) is 5.82 Å². The van der Waals surface area contributed by atoms with E-state index < -0.39 is 0 Å². The van der Waals surface area contributed by atoms with Crippen molar-refractivity contribution in [1.82, 2.24) is 17.8 Å². The first-order valence-electron chi connectivity index (χ1n) is 8.10. The zero-order valence-electron chi connectivity index (χ0n) is 13.9. The summed E-state index contributed by atoms with van der Waals surface area (Å²) in [6.07, 6.45) is 3.68. The molecule has 0 aliphatic heterocycles. The van der Waals surface area contributed by atoms with Gasteiger partial charge in [-0.3, -0.25) is 0 Å². The van der Waals surface area contributed by atoms with Crippen LogP contribution in [0.5, 0.6) is 0 Å². The average molecular weight is 582 g/mol. The molecule has 0 saturated heterocycles. The number of halogens is 3. The summed E-state index contributed by atoms with van der Waals surface area (Å²) in [5.74, 6) is -0.236. The van der Waals surface area contributed by atoms with Crippen LogP contribution in [0.2, 0.25) is 0 Å². The Bertz CT molecular complexity index is 1210. The predicted molar refractivity (Wildman–Crippen MR) is 123 cm³/mol. The molecule has 27 heavy (non-hydrogen) atoms. The Morgan fingerprint density at radius 2 is 1.52 bits per heavy atom. The van der Waals surface area contributed by atoms with Gasteiger partial charge in [0.2, 0.25) is 0 Å². The standard InChI is InChI=1S/C13H8FIN2.C7H5IN2/c14-10-1-4-12(5-2-10)17-13-6-3-11(15)7-9(13)8-16-17;8-10-7-4-2-1-3-6(7)5-9-10/h1-8H;1-5H. The Morgan fingerprint density at radius 1 is 0.778 bits per heavy atom. The summed E-state index contributed by atoms with van der Waals surface area (Å²) in [7, 11) is 0. The van der Waals surface area contributed by atoms with Crippen molar-refractivity contribution in [2.75, 3.05) is 0 Å². The van der Waals surface area contributed by atoms with Crippen molar-refractivity contribution in [1.29, 1.82) is 0 Å². The van der Waals surface area contributed by atoms with Gasteiger partial charge in [-0.25, -0.2) is 12.0 Å². The summed E-state index contributed by atoms with van der Waals surface area (Å²) in [4.78, 5) is 0. The zero-order chi connectivity index (χ0) is 18.8. The Hall–Kier alpha value is -2.01. The molecule has 134 valence electrons. The molecule has 0 spiro atoms. The summed E-state index contributed by atoms with van der Waals surface area (Å²) >= 11 is 4.43. The van der Waals surface area contributed by atoms with Crippen LogP contribution in [0.4, 0.5) is 4.39 Å². The molecule has 4 nitrogen and oxygen atoms in total. The van der Waals surface area contributed by atoms with Gasteiger partial charge in [-0.1, -0.05) is 18.2 Å². The van der Waals surface area contributed by atoms with Gasteiger partial charge in [0, 0.05) is 14.3 Å². The van der Waals surface area contributed by atoms with Crippen LogP contribution in [-0.4, -0.2) is 17.8 Å². The van der Waals surface area contributed by atoms with Crippen LogP contribution in [0.1, 0.15) is 0 Å². The Balaban J connectivity index is 0.000000153. The molecule has 2 aromatic heterocycles. The van der Waals surface area contributed by atoms with Crippen LogP contribution in [0.15, 0.2) is 79.1 Å². The van der Waals surface area contributed by atoms with Crippen molar-refractivity contribution in [3.8, 4) is 5.69 Å². The molecule has 0 aliphatic carbocycles. The lowest BCUT2D eigenvalue weighted by Crippen LogP contribution is -1.95. The molecule has 0 amide bonds. The van der Waals surface area contributed by atoms with Crippen molar-refractivity contribution in [2.45, 2.75) is 0 Å². The topological polar surface area (TPSA) is 35.6 Å². The quantitative estimate of drug-likeness (QED) is 0.228. The number of hydrogen-bond acceptors (Lipinski definition) is 2. The highest BCUT2D eigenvalue weighted by molar-refractivity contribution is 14.1. The number of aromatic nitrogens is 4. The number of nitrogens with zero attached hydrogens (tertiary/aromatic N) is 4. The monoisotopic (exact) mass is 582 g/mol. The Kier molecular flexibility index (Phi) is 5.39. The minimum atomic E-state index is -0.236. The fourth-order valence-electron chi connectivity index (χ4n) is 2.73. The molecule has 0 fully saturated rings. The van der Waals surface area contributed by atoms with Crippen LogP contribution in [0, 0.1) is 9.39 Å². The van der Waals surface area contributed by atoms with Gasteiger partial charge in [0.05, 0.1) is 52.0 Å². The van der Waals surface area contributed by atoms with Gasteiger partial charge in [0.15, 0.2) is 0 Å². The molecule has 2 heterocycles. The second-order valence-electron chi connectivity index (χ2n) is 5.80. The van der Waals surface area contributed by atoms with E-state index in [9.17, 15) is 4.39 Å². The highest BCUT2D eigenvalue weighted by Crippen LogP contribution is 2.20. The lowest BCUT2D eigenvalue weighted by atomic mass is 10.2. The van der Waals surface area contributed by atoms with E-state index in [0.717, 1.165) is 16.6 Å². The summed E-state index contributed by atoms with van der Waals surface area (Å²) < 4.78 is 17.7. The molecule has 7 heteroatoms. The van der Waals surface area contributed by atoms with Crippen molar-refractivity contribution in [2.24, 2.45) is 0 Å². The van der Waals surface area contributed by atoms with Gasteiger partial charge in [-0.15, -0.1) is 0 Å². The minimum absolute atomic E-state index is 0.236. The molecular weight excluding hydrogens is 569 g/mol. The molecule has 5 rings (SSSR count). The lowest BCUT2D eigenvalue weighted by molar-refractivity contribution is 0.627. The van der Waals surface area contributed by atoms with E-state index in [1.165, 1.54) is 26.6 Å². The molecule has 0 bridgehead atoms. The van der Waals surface area contributed by atoms with Gasteiger partial charge >= 0.3 is 0 Å². The molecular formula is C20H13FI2N4. The van der Waals surface area contributed by atoms with E-state index in [4.69, 9.17) is 0 Å². The van der Waals surface area contributed by atoms with E-state index in [1.54, 1.807) is 12.1 Å². The maximum Gasteiger partial charge on any atom is 0.123 e. The second-order valence-corrected chi connectivity index (χ2v) is 7.96. The van der Waals surface area contributed by atoms with E-state index in [1.807, 2.05) is 44.2 Å². The van der Waals surface area contributed by atoms with Crippen molar-refractivity contribution >= 4 is 67.3 Å². The molecule has 0 N–H and O–H groups in total. The Labute approximate surface area is 182 Å². The number of rotatable bonds is 1. The van der Waals surface area contributed by atoms with E-state index >= 15 is 0 Å². The van der Waals surface area contributed by atoms with Gasteiger partial charge in [-0.2, -0.15) is 10.2 Å². The molecule has 3 aromatic carbocycles. The number of hydrogen-bond donors (Lipinski definition) is 0. The molecule has 0 atom stereocenters. The van der Waals surface area contributed by atoms with Crippen molar-refractivity contribution in [3.63, 3.8) is 0 Å². The third kappa shape index (κ3) is 3.98. The van der Waals surface area contributed by atoms with E-state index in [2.05, 4.69) is 73.9 Å². The van der Waals surface area contributed by atoms with Crippen molar-refractivity contribution in [3.05, 3.63) is 88.5 Å². The number of benzene rings is 3. The Morgan fingerprint density at radius 3 is 2.30 bits per heavy atom. The first kappa shape index (κ1) is 18.4. The number of para-hydroxylation sites is 1. The minimum Gasteiger partial charge on any atom is -0.233 e. The van der Waals surface area contributed by atoms with Crippen LogP contribution >= 0.6 is 45.5 Å². The third-order valence-corrected chi connectivity index (χ3v) is 5.47. The fraction of sp³-hybridized carbons (Fsp3) is 0. The van der Waals surface area contributed by atoms with E-state index in [0.29, 0.717) is 0 Å². The van der Waals surface area contributed by atoms with Gasteiger partial charge in [-0.05, 0) is 71.1 Å². The molecule has 0 radical (unpaired) electrons. The van der Waals surface area contributed by atoms with Crippen LogP contribution in [-0.2, 0) is 0 Å². The second kappa shape index (κ2) is 7.93. The summed E-state index contributed by atoms with van der Waals surface area (Å²) in [6, 6.07) is 20.6. The summed E-state index contributed by atoms with van der Waals surface area (Å²) in [6.45, 7) is 0. The molecule has 0 unspecified atom stereocenters. The maximum atomic E-state index is 12.9. The fourth-order valence-corrected chi connectivity index (χ4v) is 3.81. The predicted octanol–water partition coefficient (Wildman–Crippen LogP) is 6.00. The first-order valence-corrected chi connectivity index (χ1v) is 10.1. The summed E-state index contributed by atoms with van der Waals surface area (Å²) in [5.41, 5.74) is 3.06. The van der Waals surface area contributed by atoms with Gasteiger partial charge in [0.1, 0.15) is 5.82 Å². The van der Waals surface area contributed by atoms with Crippen LogP contribution in [0.25, 0.3) is 27.5 Å². The van der Waals surface area contributed by atoms with Crippen LogP contribution < -0.4 is 0 Å². The van der Waals surface area contributed by atoms with Crippen LogP contribution in [0.3, 0.4) is 0 Å². The normalized spacial score (nSPS) is 10.8. The van der Waals surface area contributed by atoms with Crippen molar-refractivity contribution < 1.29 is 4.39 Å². The molecule has 0 aliphatic rings. The SMILES string of the molecule is Fc1ccc(-n2ncc3cc(I)ccc32)cc1.In1ncc2ccccc21.